The van der Waals surface area contributed by atoms with Crippen LogP contribution in [0.5, 0.6) is 0 Å². The van der Waals surface area contributed by atoms with E-state index in [4.69, 9.17) is 0 Å². The summed E-state index contributed by atoms with van der Waals surface area (Å²) in [6.07, 6.45) is 3.48. The van der Waals surface area contributed by atoms with Gasteiger partial charge in [0.25, 0.3) is 0 Å². The van der Waals surface area contributed by atoms with Gasteiger partial charge in [0.2, 0.25) is 0 Å². The summed E-state index contributed by atoms with van der Waals surface area (Å²) in [5, 5.41) is 27.2. The van der Waals surface area contributed by atoms with Crippen molar-refractivity contribution in [1.82, 2.24) is 20.1 Å². The first-order valence-electron chi connectivity index (χ1n) is 6.10. The Morgan fingerprint density at radius 2 is 2.35 bits per heavy atom. The maximum Gasteiger partial charge on any atom is 0.306 e. The summed E-state index contributed by atoms with van der Waals surface area (Å²) in [6, 6.07) is 5.61. The summed E-state index contributed by atoms with van der Waals surface area (Å²) in [4.78, 5) is 14.1. The van der Waals surface area contributed by atoms with Crippen molar-refractivity contribution >= 4 is 5.69 Å². The van der Waals surface area contributed by atoms with Gasteiger partial charge in [-0.2, -0.15) is 5.10 Å². The van der Waals surface area contributed by atoms with Crippen LogP contribution in [0.3, 0.4) is 0 Å². The van der Waals surface area contributed by atoms with E-state index in [0.29, 0.717) is 13.1 Å². The fraction of sp³-hybridized carbons (Fsp3) is 0.333. The van der Waals surface area contributed by atoms with Crippen molar-refractivity contribution in [2.24, 2.45) is 0 Å². The lowest BCUT2D eigenvalue weighted by molar-refractivity contribution is -0.385. The van der Waals surface area contributed by atoms with Gasteiger partial charge in [-0.25, -0.2) is 0 Å². The summed E-state index contributed by atoms with van der Waals surface area (Å²) in [7, 11) is 0. The molecule has 1 atom stereocenters. The molecule has 0 spiro atoms. The van der Waals surface area contributed by atoms with Crippen molar-refractivity contribution in [1.29, 1.82) is 0 Å². The van der Waals surface area contributed by atoms with E-state index in [-0.39, 0.29) is 12.2 Å². The van der Waals surface area contributed by atoms with E-state index in [1.165, 1.54) is 10.9 Å². The van der Waals surface area contributed by atoms with Gasteiger partial charge in [-0.15, -0.1) is 0 Å². The molecule has 0 aromatic carbocycles. The molecule has 8 heteroatoms. The molecule has 2 heterocycles. The van der Waals surface area contributed by atoms with Crippen LogP contribution in [-0.2, 0) is 13.1 Å². The molecule has 106 valence electrons. The minimum absolute atomic E-state index is 0.0846. The van der Waals surface area contributed by atoms with Gasteiger partial charge in [0.1, 0.15) is 12.4 Å². The predicted molar refractivity (Wildman–Crippen MR) is 70.8 cm³/mol. The minimum Gasteiger partial charge on any atom is -0.390 e. The van der Waals surface area contributed by atoms with Gasteiger partial charge in [0, 0.05) is 19.3 Å². The second-order valence-electron chi connectivity index (χ2n) is 4.28. The van der Waals surface area contributed by atoms with Crippen LogP contribution in [0.15, 0.2) is 36.8 Å². The molecule has 2 aromatic rings. The number of rotatable bonds is 7. The molecular weight excluding hydrogens is 262 g/mol. The highest BCUT2D eigenvalue weighted by molar-refractivity contribution is 5.20. The molecule has 1 unspecified atom stereocenters. The zero-order valence-corrected chi connectivity index (χ0v) is 10.7. The Balaban J connectivity index is 1.74. The number of aliphatic hydroxyl groups is 1. The SMILES string of the molecule is O=[N+]([O-])c1cnn(CC(O)CNCc2ccccn2)c1. The van der Waals surface area contributed by atoms with Crippen LogP contribution in [0.2, 0.25) is 0 Å². The van der Waals surface area contributed by atoms with Gasteiger partial charge in [-0.05, 0) is 12.1 Å². The van der Waals surface area contributed by atoms with Crippen LogP contribution in [-0.4, -0.2) is 37.4 Å². The average Bonchev–Trinajstić information content (AvgIpc) is 2.88. The Kier molecular flexibility index (Phi) is 4.75. The largest absolute Gasteiger partial charge is 0.390 e. The van der Waals surface area contributed by atoms with E-state index in [9.17, 15) is 15.2 Å². The maximum atomic E-state index is 10.5. The summed E-state index contributed by atoms with van der Waals surface area (Å²) in [5.74, 6) is 0. The number of hydrogen-bond acceptors (Lipinski definition) is 6. The fourth-order valence-electron chi connectivity index (χ4n) is 1.70. The highest BCUT2D eigenvalue weighted by Gasteiger charge is 2.11. The molecule has 20 heavy (non-hydrogen) atoms. The number of nitrogens with zero attached hydrogens (tertiary/aromatic N) is 4. The minimum atomic E-state index is -0.682. The molecule has 0 aliphatic heterocycles. The van der Waals surface area contributed by atoms with E-state index in [1.807, 2.05) is 18.2 Å². The van der Waals surface area contributed by atoms with Gasteiger partial charge < -0.3 is 10.4 Å². The van der Waals surface area contributed by atoms with Crippen molar-refractivity contribution in [2.75, 3.05) is 6.54 Å². The lowest BCUT2D eigenvalue weighted by Gasteiger charge is -2.11. The summed E-state index contributed by atoms with van der Waals surface area (Å²) < 4.78 is 1.35. The first kappa shape index (κ1) is 14.1. The molecule has 0 fully saturated rings. The van der Waals surface area contributed by atoms with Crippen molar-refractivity contribution in [2.45, 2.75) is 19.2 Å². The average molecular weight is 277 g/mol. The quantitative estimate of drug-likeness (QED) is 0.558. The molecule has 0 bridgehead atoms. The van der Waals surface area contributed by atoms with E-state index in [1.54, 1.807) is 6.20 Å². The summed E-state index contributed by atoms with van der Waals surface area (Å²) >= 11 is 0. The first-order chi connectivity index (χ1) is 9.65. The lowest BCUT2D eigenvalue weighted by Crippen LogP contribution is -2.30. The molecule has 0 aliphatic rings. The normalized spacial score (nSPS) is 12.2. The van der Waals surface area contributed by atoms with Gasteiger partial charge in [-0.3, -0.25) is 19.8 Å². The van der Waals surface area contributed by atoms with Crippen LogP contribution in [0.4, 0.5) is 5.69 Å². The topological polar surface area (TPSA) is 106 Å². The van der Waals surface area contributed by atoms with E-state index >= 15 is 0 Å². The van der Waals surface area contributed by atoms with E-state index in [2.05, 4.69) is 15.4 Å². The molecule has 0 aliphatic carbocycles. The van der Waals surface area contributed by atoms with Crippen molar-refractivity contribution in [3.05, 3.63) is 52.6 Å². The smallest absolute Gasteiger partial charge is 0.306 e. The Morgan fingerprint density at radius 1 is 1.50 bits per heavy atom. The molecular formula is C12H15N5O3. The zero-order valence-electron chi connectivity index (χ0n) is 10.7. The van der Waals surface area contributed by atoms with Crippen molar-refractivity contribution in [3.8, 4) is 0 Å². The molecule has 0 saturated carbocycles. The zero-order chi connectivity index (χ0) is 14.4. The molecule has 0 radical (unpaired) electrons. The van der Waals surface area contributed by atoms with Crippen LogP contribution in [0, 0.1) is 10.1 Å². The van der Waals surface area contributed by atoms with Gasteiger partial charge in [0.15, 0.2) is 0 Å². The lowest BCUT2D eigenvalue weighted by atomic mass is 10.3. The molecule has 2 aromatic heterocycles. The van der Waals surface area contributed by atoms with Crippen LogP contribution >= 0.6 is 0 Å². The standard InChI is InChI=1S/C12H15N5O3/c18-12(7-13-5-10-3-1-2-4-14-10)9-16-8-11(6-15-16)17(19)20/h1-4,6,8,12-13,18H,5,7,9H2. The second-order valence-corrected chi connectivity index (χ2v) is 4.28. The Bertz CT molecular complexity index is 557. The number of pyridine rings is 1. The van der Waals surface area contributed by atoms with Gasteiger partial charge >= 0.3 is 5.69 Å². The molecule has 8 nitrogen and oxygen atoms in total. The number of nitro groups is 1. The highest BCUT2D eigenvalue weighted by atomic mass is 16.6. The first-order valence-corrected chi connectivity index (χ1v) is 6.10. The molecule has 2 N–H and O–H groups in total. The van der Waals surface area contributed by atoms with Crippen molar-refractivity contribution < 1.29 is 10.0 Å². The fourth-order valence-corrected chi connectivity index (χ4v) is 1.70. The predicted octanol–water partition coefficient (Wildman–Crippen LogP) is 0.337. The number of aromatic nitrogens is 3. The van der Waals surface area contributed by atoms with Gasteiger partial charge in [0.05, 0.1) is 23.3 Å². The molecule has 0 saturated heterocycles. The number of hydrogen-bond donors (Lipinski definition) is 2. The van der Waals surface area contributed by atoms with Crippen LogP contribution in [0.1, 0.15) is 5.69 Å². The third-order valence-electron chi connectivity index (χ3n) is 2.64. The van der Waals surface area contributed by atoms with E-state index < -0.39 is 11.0 Å². The summed E-state index contributed by atoms with van der Waals surface area (Å²) in [6.45, 7) is 1.10. The molecule has 2 rings (SSSR count). The third-order valence-corrected chi connectivity index (χ3v) is 2.64. The highest BCUT2D eigenvalue weighted by Crippen LogP contribution is 2.07. The Hall–Kier alpha value is -2.32. The van der Waals surface area contributed by atoms with Gasteiger partial charge in [-0.1, -0.05) is 6.07 Å². The Labute approximate surface area is 115 Å². The number of nitrogens with one attached hydrogen (secondary N) is 1. The van der Waals surface area contributed by atoms with Crippen LogP contribution in [0.25, 0.3) is 0 Å². The van der Waals surface area contributed by atoms with Crippen molar-refractivity contribution in [3.63, 3.8) is 0 Å². The Morgan fingerprint density at radius 3 is 3.00 bits per heavy atom. The molecule has 0 amide bonds. The maximum absolute atomic E-state index is 10.5. The second kappa shape index (κ2) is 6.73. The summed E-state index contributed by atoms with van der Waals surface area (Å²) in [5.41, 5.74) is 0.799. The monoisotopic (exact) mass is 277 g/mol. The van der Waals surface area contributed by atoms with Crippen LogP contribution < -0.4 is 5.32 Å². The van der Waals surface area contributed by atoms with E-state index in [0.717, 1.165) is 11.9 Å². The third kappa shape index (κ3) is 4.11. The number of aliphatic hydroxyl groups excluding tert-OH is 1.